The summed E-state index contributed by atoms with van der Waals surface area (Å²) in [5.74, 6) is 0.408. The number of carbonyl (C=O) groups is 1. The summed E-state index contributed by atoms with van der Waals surface area (Å²) in [5.41, 5.74) is 1.61. The first-order valence-corrected chi connectivity index (χ1v) is 7.70. The van der Waals surface area contributed by atoms with Crippen LogP contribution in [-0.2, 0) is 17.8 Å². The molecule has 0 amide bonds. The molecule has 0 fully saturated rings. The monoisotopic (exact) mass is 334 g/mol. The van der Waals surface area contributed by atoms with E-state index in [0.29, 0.717) is 28.7 Å². The molecule has 0 heterocycles. The number of aliphatic carboxylic acids is 1. The van der Waals surface area contributed by atoms with E-state index in [0.717, 1.165) is 5.56 Å². The first-order chi connectivity index (χ1) is 10.9. The molecule has 2 aromatic rings. The molecule has 5 heteroatoms. The van der Waals surface area contributed by atoms with E-state index in [1.807, 2.05) is 26.0 Å². The van der Waals surface area contributed by atoms with Crippen molar-refractivity contribution in [3.63, 3.8) is 0 Å². The number of carboxylic acid groups (broad SMARTS) is 1. The Morgan fingerprint density at radius 2 is 1.96 bits per heavy atom. The van der Waals surface area contributed by atoms with Crippen molar-refractivity contribution in [3.8, 4) is 11.5 Å². The molecule has 23 heavy (non-hydrogen) atoms. The third-order valence-corrected chi connectivity index (χ3v) is 3.31. The van der Waals surface area contributed by atoms with Gasteiger partial charge in [0.2, 0.25) is 0 Å². The van der Waals surface area contributed by atoms with Crippen LogP contribution < -0.4 is 9.47 Å². The minimum absolute atomic E-state index is 0.0235. The highest BCUT2D eigenvalue weighted by atomic mass is 35.5. The lowest BCUT2D eigenvalue weighted by Crippen LogP contribution is -2.06. The zero-order chi connectivity index (χ0) is 16.8. The molecule has 0 radical (unpaired) electrons. The Hall–Kier alpha value is -2.20. The van der Waals surface area contributed by atoms with Gasteiger partial charge in [0, 0.05) is 0 Å². The number of rotatable bonds is 7. The zero-order valence-electron chi connectivity index (χ0n) is 13.1. The van der Waals surface area contributed by atoms with Crippen molar-refractivity contribution in [1.29, 1.82) is 0 Å². The molecule has 1 N–H and O–H groups in total. The van der Waals surface area contributed by atoms with Crippen molar-refractivity contribution < 1.29 is 19.4 Å². The van der Waals surface area contributed by atoms with Gasteiger partial charge < -0.3 is 14.6 Å². The molecule has 0 aliphatic heterocycles. The van der Waals surface area contributed by atoms with Crippen molar-refractivity contribution in [2.24, 2.45) is 0 Å². The highest BCUT2D eigenvalue weighted by Gasteiger charge is 2.06. The summed E-state index contributed by atoms with van der Waals surface area (Å²) in [5, 5.41) is 9.36. The van der Waals surface area contributed by atoms with Crippen molar-refractivity contribution >= 4 is 17.6 Å². The van der Waals surface area contributed by atoms with E-state index < -0.39 is 5.97 Å². The Labute approximate surface area is 140 Å². The Bertz CT molecular complexity index is 682. The highest BCUT2D eigenvalue weighted by molar-refractivity contribution is 6.32. The van der Waals surface area contributed by atoms with Crippen LogP contribution in [0.2, 0.25) is 5.02 Å². The molecule has 0 aliphatic carbocycles. The molecule has 0 spiro atoms. The number of halogens is 1. The average molecular weight is 335 g/mol. The van der Waals surface area contributed by atoms with E-state index in [2.05, 4.69) is 0 Å². The maximum atomic E-state index is 10.7. The lowest BCUT2D eigenvalue weighted by Gasteiger charge is -2.13. The van der Waals surface area contributed by atoms with Crippen molar-refractivity contribution in [1.82, 2.24) is 0 Å². The van der Waals surface area contributed by atoms with E-state index in [9.17, 15) is 4.79 Å². The van der Waals surface area contributed by atoms with Crippen LogP contribution in [-0.4, -0.2) is 17.2 Å². The molecule has 2 aromatic carbocycles. The number of benzene rings is 2. The van der Waals surface area contributed by atoms with Gasteiger partial charge in [0.15, 0.2) is 0 Å². The highest BCUT2D eigenvalue weighted by Crippen LogP contribution is 2.27. The first-order valence-electron chi connectivity index (χ1n) is 7.32. The second kappa shape index (κ2) is 7.88. The number of hydrogen-bond donors (Lipinski definition) is 1. The van der Waals surface area contributed by atoms with Crippen LogP contribution >= 0.6 is 11.6 Å². The molecule has 0 saturated heterocycles. The fourth-order valence-electron chi connectivity index (χ4n) is 2.07. The van der Waals surface area contributed by atoms with Crippen molar-refractivity contribution in [2.75, 3.05) is 0 Å². The maximum absolute atomic E-state index is 10.7. The fourth-order valence-corrected chi connectivity index (χ4v) is 2.32. The summed E-state index contributed by atoms with van der Waals surface area (Å²) in [6.45, 7) is 4.23. The molecule has 122 valence electrons. The molecule has 0 saturated carbocycles. The van der Waals surface area contributed by atoms with Crippen LogP contribution in [0.25, 0.3) is 0 Å². The predicted octanol–water partition coefficient (Wildman–Crippen LogP) is 4.33. The Kier molecular flexibility index (Phi) is 5.88. The average Bonchev–Trinajstić information content (AvgIpc) is 2.47. The summed E-state index contributed by atoms with van der Waals surface area (Å²) in [4.78, 5) is 10.7. The van der Waals surface area contributed by atoms with Gasteiger partial charge >= 0.3 is 5.97 Å². The third-order valence-electron chi connectivity index (χ3n) is 3.02. The number of ether oxygens (including phenoxy) is 2. The van der Waals surface area contributed by atoms with Gasteiger partial charge in [-0.15, -0.1) is 0 Å². The quantitative estimate of drug-likeness (QED) is 0.818. The molecule has 4 nitrogen and oxygen atoms in total. The van der Waals surface area contributed by atoms with E-state index >= 15 is 0 Å². The molecule has 0 aromatic heterocycles. The van der Waals surface area contributed by atoms with Crippen LogP contribution in [0, 0.1) is 0 Å². The Balaban J connectivity index is 2.00. The van der Waals surface area contributed by atoms with E-state index in [4.69, 9.17) is 26.2 Å². The van der Waals surface area contributed by atoms with Gasteiger partial charge in [-0.3, -0.25) is 4.79 Å². The summed E-state index contributed by atoms with van der Waals surface area (Å²) in [7, 11) is 0. The molecule has 0 aliphatic rings. The number of carboxylic acids is 1. The smallest absolute Gasteiger partial charge is 0.307 e. The summed E-state index contributed by atoms with van der Waals surface area (Å²) in [6.07, 6.45) is 0.0381. The lowest BCUT2D eigenvalue weighted by atomic mass is 10.1. The summed E-state index contributed by atoms with van der Waals surface area (Å²) >= 11 is 6.19. The van der Waals surface area contributed by atoms with Gasteiger partial charge in [-0.1, -0.05) is 29.8 Å². The molecule has 0 bridgehead atoms. The van der Waals surface area contributed by atoms with Gasteiger partial charge in [0.1, 0.15) is 18.1 Å². The van der Waals surface area contributed by atoms with E-state index in [1.54, 1.807) is 30.3 Å². The largest absolute Gasteiger partial charge is 0.489 e. The van der Waals surface area contributed by atoms with Crippen LogP contribution in [0.15, 0.2) is 42.5 Å². The van der Waals surface area contributed by atoms with Gasteiger partial charge in [0.25, 0.3) is 0 Å². The number of hydrogen-bond acceptors (Lipinski definition) is 3. The molecular formula is C18H19ClO4. The van der Waals surface area contributed by atoms with Gasteiger partial charge in [-0.05, 0) is 49.2 Å². The van der Waals surface area contributed by atoms with Crippen LogP contribution in [0.4, 0.5) is 0 Å². The SMILES string of the molecule is CC(C)Oc1ccc(COc2cccc(CC(=O)O)c2)cc1Cl. The van der Waals surface area contributed by atoms with Crippen molar-refractivity contribution in [3.05, 3.63) is 58.6 Å². The molecule has 0 atom stereocenters. The summed E-state index contributed by atoms with van der Waals surface area (Å²) < 4.78 is 11.3. The maximum Gasteiger partial charge on any atom is 0.307 e. The minimum Gasteiger partial charge on any atom is -0.489 e. The summed E-state index contributed by atoms with van der Waals surface area (Å²) in [6, 6.07) is 12.6. The minimum atomic E-state index is -0.866. The zero-order valence-corrected chi connectivity index (χ0v) is 13.8. The topological polar surface area (TPSA) is 55.8 Å². The van der Waals surface area contributed by atoms with Crippen LogP contribution in [0.1, 0.15) is 25.0 Å². The first kappa shape index (κ1) is 17.2. The Morgan fingerprint density at radius 1 is 1.17 bits per heavy atom. The molecule has 0 unspecified atom stereocenters. The third kappa shape index (κ3) is 5.49. The van der Waals surface area contributed by atoms with Crippen molar-refractivity contribution in [2.45, 2.75) is 33.0 Å². The normalized spacial score (nSPS) is 10.6. The van der Waals surface area contributed by atoms with Gasteiger partial charge in [0.05, 0.1) is 17.5 Å². The van der Waals surface area contributed by atoms with Gasteiger partial charge in [-0.2, -0.15) is 0 Å². The lowest BCUT2D eigenvalue weighted by molar-refractivity contribution is -0.136. The van der Waals surface area contributed by atoms with Crippen LogP contribution in [0.5, 0.6) is 11.5 Å². The fraction of sp³-hybridized carbons (Fsp3) is 0.278. The second-order valence-electron chi connectivity index (χ2n) is 5.44. The van der Waals surface area contributed by atoms with Crippen LogP contribution in [0.3, 0.4) is 0 Å². The van der Waals surface area contributed by atoms with E-state index in [-0.39, 0.29) is 12.5 Å². The molecule has 2 rings (SSSR count). The predicted molar refractivity (Wildman–Crippen MR) is 89.3 cm³/mol. The van der Waals surface area contributed by atoms with E-state index in [1.165, 1.54) is 0 Å². The molecular weight excluding hydrogens is 316 g/mol. The van der Waals surface area contributed by atoms with Gasteiger partial charge in [-0.25, -0.2) is 0 Å². The second-order valence-corrected chi connectivity index (χ2v) is 5.85. The standard InChI is InChI=1S/C18H19ClO4/c1-12(2)23-17-7-6-14(9-16(17)19)11-22-15-5-3-4-13(8-15)10-18(20)21/h3-9,12H,10-11H2,1-2H3,(H,20,21). The Morgan fingerprint density at radius 3 is 2.61 bits per heavy atom.